The SMILES string of the molecule is COCc1ccc2c(c1C(=O)O)OCCO2. The van der Waals surface area contributed by atoms with E-state index in [-0.39, 0.29) is 12.2 Å². The smallest absolute Gasteiger partial charge is 0.340 e. The van der Waals surface area contributed by atoms with Crippen LogP contribution in [0.4, 0.5) is 0 Å². The lowest BCUT2D eigenvalue weighted by molar-refractivity contribution is 0.0680. The molecule has 0 fully saturated rings. The second-order valence-corrected chi connectivity index (χ2v) is 3.36. The molecule has 0 aromatic heterocycles. The van der Waals surface area contributed by atoms with Crippen LogP contribution in [0.15, 0.2) is 12.1 Å². The highest BCUT2D eigenvalue weighted by Crippen LogP contribution is 2.36. The molecule has 1 aliphatic rings. The van der Waals surface area contributed by atoms with Gasteiger partial charge in [-0.05, 0) is 11.6 Å². The van der Waals surface area contributed by atoms with Crippen LogP contribution in [-0.2, 0) is 11.3 Å². The fourth-order valence-corrected chi connectivity index (χ4v) is 1.67. The first kappa shape index (κ1) is 10.8. The number of rotatable bonds is 3. The summed E-state index contributed by atoms with van der Waals surface area (Å²) in [6, 6.07) is 3.38. The predicted molar refractivity (Wildman–Crippen MR) is 55.1 cm³/mol. The Morgan fingerprint density at radius 1 is 1.44 bits per heavy atom. The van der Waals surface area contributed by atoms with Gasteiger partial charge >= 0.3 is 5.97 Å². The third-order valence-electron chi connectivity index (χ3n) is 2.31. The molecule has 0 saturated carbocycles. The van der Waals surface area contributed by atoms with E-state index in [0.29, 0.717) is 30.3 Å². The minimum Gasteiger partial charge on any atom is -0.486 e. The van der Waals surface area contributed by atoms with Gasteiger partial charge in [-0.1, -0.05) is 6.07 Å². The van der Waals surface area contributed by atoms with Gasteiger partial charge < -0.3 is 19.3 Å². The molecule has 0 aliphatic carbocycles. The molecule has 0 bridgehead atoms. The predicted octanol–water partition coefficient (Wildman–Crippen LogP) is 1.30. The summed E-state index contributed by atoms with van der Waals surface area (Å²) in [5.41, 5.74) is 0.707. The summed E-state index contributed by atoms with van der Waals surface area (Å²) in [4.78, 5) is 11.2. The highest BCUT2D eigenvalue weighted by molar-refractivity contribution is 5.93. The lowest BCUT2D eigenvalue weighted by Crippen LogP contribution is -2.19. The van der Waals surface area contributed by atoms with Crippen LogP contribution in [0.1, 0.15) is 15.9 Å². The van der Waals surface area contributed by atoms with Gasteiger partial charge in [0.1, 0.15) is 18.8 Å². The van der Waals surface area contributed by atoms with Crippen molar-refractivity contribution in [1.82, 2.24) is 0 Å². The molecule has 1 aromatic rings. The number of hydrogen-bond acceptors (Lipinski definition) is 4. The monoisotopic (exact) mass is 224 g/mol. The molecule has 0 spiro atoms. The number of aromatic carboxylic acids is 1. The summed E-state index contributed by atoms with van der Waals surface area (Å²) in [7, 11) is 1.52. The maximum Gasteiger partial charge on any atom is 0.340 e. The molecule has 2 rings (SSSR count). The van der Waals surface area contributed by atoms with E-state index in [1.165, 1.54) is 7.11 Å². The number of carbonyl (C=O) groups is 1. The second kappa shape index (κ2) is 4.40. The number of benzene rings is 1. The van der Waals surface area contributed by atoms with Gasteiger partial charge in [0.05, 0.1) is 6.61 Å². The van der Waals surface area contributed by atoms with Gasteiger partial charge in [-0.15, -0.1) is 0 Å². The summed E-state index contributed by atoms with van der Waals surface area (Å²) in [6.45, 7) is 1.04. The topological polar surface area (TPSA) is 65.0 Å². The van der Waals surface area contributed by atoms with Gasteiger partial charge in [0.2, 0.25) is 0 Å². The van der Waals surface area contributed by atoms with Gasteiger partial charge in [-0.25, -0.2) is 4.79 Å². The maximum absolute atomic E-state index is 11.2. The van der Waals surface area contributed by atoms with Crippen LogP contribution in [0.25, 0.3) is 0 Å². The number of ether oxygens (including phenoxy) is 3. The van der Waals surface area contributed by atoms with Crippen molar-refractivity contribution in [2.45, 2.75) is 6.61 Å². The van der Waals surface area contributed by atoms with Crippen molar-refractivity contribution in [1.29, 1.82) is 0 Å². The van der Waals surface area contributed by atoms with E-state index in [9.17, 15) is 4.79 Å². The van der Waals surface area contributed by atoms with Crippen molar-refractivity contribution in [3.05, 3.63) is 23.3 Å². The zero-order chi connectivity index (χ0) is 11.5. The van der Waals surface area contributed by atoms with E-state index in [0.717, 1.165) is 0 Å². The van der Waals surface area contributed by atoms with Crippen LogP contribution >= 0.6 is 0 Å². The van der Waals surface area contributed by atoms with E-state index < -0.39 is 5.97 Å². The average molecular weight is 224 g/mol. The van der Waals surface area contributed by atoms with Gasteiger partial charge in [0, 0.05) is 7.11 Å². The Morgan fingerprint density at radius 2 is 2.19 bits per heavy atom. The maximum atomic E-state index is 11.2. The lowest BCUT2D eigenvalue weighted by atomic mass is 10.1. The largest absolute Gasteiger partial charge is 0.486 e. The zero-order valence-corrected chi connectivity index (χ0v) is 8.86. The van der Waals surface area contributed by atoms with Gasteiger partial charge in [0.15, 0.2) is 11.5 Å². The Hall–Kier alpha value is -1.75. The molecule has 1 aromatic carbocycles. The zero-order valence-electron chi connectivity index (χ0n) is 8.86. The van der Waals surface area contributed by atoms with Crippen LogP contribution in [0.2, 0.25) is 0 Å². The fraction of sp³-hybridized carbons (Fsp3) is 0.364. The Bertz CT molecular complexity index is 413. The normalized spacial score (nSPS) is 13.6. The molecular formula is C11H12O5. The number of fused-ring (bicyclic) bond motifs is 1. The molecule has 0 unspecified atom stereocenters. The molecule has 0 saturated heterocycles. The van der Waals surface area contributed by atoms with Crippen molar-refractivity contribution in [2.24, 2.45) is 0 Å². The van der Waals surface area contributed by atoms with Crippen molar-refractivity contribution in [3.8, 4) is 11.5 Å². The minimum atomic E-state index is -1.03. The summed E-state index contributed by atoms with van der Waals surface area (Å²) >= 11 is 0. The summed E-state index contributed by atoms with van der Waals surface area (Å²) in [6.07, 6.45) is 0. The summed E-state index contributed by atoms with van der Waals surface area (Å²) in [5, 5.41) is 9.16. The van der Waals surface area contributed by atoms with Crippen molar-refractivity contribution in [3.63, 3.8) is 0 Å². The molecule has 86 valence electrons. The second-order valence-electron chi connectivity index (χ2n) is 3.36. The average Bonchev–Trinajstić information content (AvgIpc) is 2.28. The van der Waals surface area contributed by atoms with Gasteiger partial charge in [-0.3, -0.25) is 0 Å². The molecule has 1 aliphatic heterocycles. The highest BCUT2D eigenvalue weighted by Gasteiger charge is 2.23. The van der Waals surface area contributed by atoms with Crippen molar-refractivity contribution >= 4 is 5.97 Å². The van der Waals surface area contributed by atoms with Crippen LogP contribution in [-0.4, -0.2) is 31.4 Å². The molecule has 0 radical (unpaired) electrons. The first-order chi connectivity index (χ1) is 7.74. The Balaban J connectivity index is 2.52. The van der Waals surface area contributed by atoms with Crippen LogP contribution in [0.3, 0.4) is 0 Å². The Labute approximate surface area is 92.5 Å². The van der Waals surface area contributed by atoms with Crippen molar-refractivity contribution < 1.29 is 24.1 Å². The van der Waals surface area contributed by atoms with Crippen LogP contribution in [0.5, 0.6) is 11.5 Å². The first-order valence-electron chi connectivity index (χ1n) is 4.87. The van der Waals surface area contributed by atoms with E-state index in [1.54, 1.807) is 12.1 Å². The molecule has 5 heteroatoms. The summed E-state index contributed by atoms with van der Waals surface area (Å²) in [5.74, 6) is -0.258. The van der Waals surface area contributed by atoms with E-state index in [4.69, 9.17) is 19.3 Å². The molecule has 16 heavy (non-hydrogen) atoms. The molecule has 0 amide bonds. The standard InChI is InChI=1S/C11H12O5/c1-14-6-7-2-3-8-10(9(7)11(12)13)16-5-4-15-8/h2-3H,4-6H2,1H3,(H,12,13). The third kappa shape index (κ3) is 1.81. The highest BCUT2D eigenvalue weighted by atomic mass is 16.6. The van der Waals surface area contributed by atoms with E-state index in [1.807, 2.05) is 0 Å². The summed E-state index contributed by atoms with van der Waals surface area (Å²) < 4.78 is 15.6. The Kier molecular flexibility index (Phi) is 2.96. The molecular weight excluding hydrogens is 212 g/mol. The van der Waals surface area contributed by atoms with Crippen LogP contribution < -0.4 is 9.47 Å². The van der Waals surface area contributed by atoms with E-state index in [2.05, 4.69) is 0 Å². The third-order valence-corrected chi connectivity index (χ3v) is 2.31. The molecule has 1 heterocycles. The van der Waals surface area contributed by atoms with Crippen molar-refractivity contribution in [2.75, 3.05) is 20.3 Å². The first-order valence-corrected chi connectivity index (χ1v) is 4.87. The number of methoxy groups -OCH3 is 1. The Morgan fingerprint density at radius 3 is 2.88 bits per heavy atom. The fourth-order valence-electron chi connectivity index (χ4n) is 1.67. The lowest BCUT2D eigenvalue weighted by Gasteiger charge is -2.21. The van der Waals surface area contributed by atoms with Gasteiger partial charge in [0.25, 0.3) is 0 Å². The number of hydrogen-bond donors (Lipinski definition) is 1. The minimum absolute atomic E-state index is 0.124. The molecule has 0 atom stereocenters. The quantitative estimate of drug-likeness (QED) is 0.838. The van der Waals surface area contributed by atoms with Crippen LogP contribution in [0, 0.1) is 0 Å². The van der Waals surface area contributed by atoms with Gasteiger partial charge in [-0.2, -0.15) is 0 Å². The van der Waals surface area contributed by atoms with E-state index >= 15 is 0 Å². The number of carboxylic acids is 1. The molecule has 1 N–H and O–H groups in total. The number of carboxylic acid groups (broad SMARTS) is 1. The molecule has 5 nitrogen and oxygen atoms in total.